The Labute approximate surface area is 388 Å². The van der Waals surface area contributed by atoms with Crippen molar-refractivity contribution in [3.8, 4) is 23.0 Å². The predicted molar refractivity (Wildman–Crippen MR) is 251 cm³/mol. The van der Waals surface area contributed by atoms with Gasteiger partial charge in [-0.3, -0.25) is 39.3 Å². The highest BCUT2D eigenvalue weighted by molar-refractivity contribution is 6.23. The Morgan fingerprint density at radius 2 is 1.57 bits per heavy atom. The third-order valence-corrected chi connectivity index (χ3v) is 15.3. The number of pyridine rings is 1. The van der Waals surface area contributed by atoms with E-state index in [1.165, 1.54) is 6.42 Å². The van der Waals surface area contributed by atoms with Gasteiger partial charge in [0.25, 0.3) is 11.8 Å². The average Bonchev–Trinajstić information content (AvgIpc) is 3.80. The summed E-state index contributed by atoms with van der Waals surface area (Å²) in [6, 6.07) is 14.4. The molecule has 348 valence electrons. The van der Waals surface area contributed by atoms with Crippen LogP contribution in [0.3, 0.4) is 0 Å². The number of ether oxygens (including phenoxy) is 1. The molecule has 0 aliphatic carbocycles. The molecule has 15 nitrogen and oxygen atoms in total. The summed E-state index contributed by atoms with van der Waals surface area (Å²) in [5.41, 5.74) is 3.38. The molecule has 3 N–H and O–H groups in total. The summed E-state index contributed by atoms with van der Waals surface area (Å²) < 4.78 is 23.4. The van der Waals surface area contributed by atoms with E-state index in [1.54, 1.807) is 30.5 Å². The van der Waals surface area contributed by atoms with Gasteiger partial charge in [0.05, 0.1) is 16.5 Å². The molecule has 0 saturated carbocycles. The van der Waals surface area contributed by atoms with E-state index in [-0.39, 0.29) is 35.8 Å². The average molecular weight is 910 g/mol. The zero-order valence-electron chi connectivity index (χ0n) is 37.8. The van der Waals surface area contributed by atoms with Crippen molar-refractivity contribution in [3.63, 3.8) is 0 Å². The highest BCUT2D eigenvalue weighted by Crippen LogP contribution is 2.40. The van der Waals surface area contributed by atoms with Crippen LogP contribution in [0.1, 0.15) is 91.0 Å². The van der Waals surface area contributed by atoms with Crippen molar-refractivity contribution in [2.24, 2.45) is 11.8 Å². The number of imide groups is 2. The van der Waals surface area contributed by atoms with Crippen LogP contribution in [0.2, 0.25) is 0 Å². The number of carbonyl (C=O) groups excluding carboxylic acids is 4. The number of piperazine rings is 1. The molecule has 0 radical (unpaired) electrons. The molecule has 4 amide bonds. The first kappa shape index (κ1) is 43.3. The first-order chi connectivity index (χ1) is 32.6. The highest BCUT2D eigenvalue weighted by atomic mass is 19.1. The lowest BCUT2D eigenvalue weighted by Crippen LogP contribution is -2.54. The topological polar surface area (TPSA) is 173 Å². The van der Waals surface area contributed by atoms with Crippen molar-refractivity contribution in [1.82, 2.24) is 35.4 Å². The smallest absolute Gasteiger partial charge is 0.319 e. The SMILES string of the molecule is CCc1cccc2cc(O)cc(-c3ncc4c(N5CC6CCC(C5)N6)nc(OCCN5CCC(CC6CCN(c7ccc8c(c7)C(=O)N(C7CCC(=O)NC7=O)C8=O)CC6)CC5)nc4c3F)c12. The second kappa shape index (κ2) is 17.8. The molecule has 8 heterocycles. The van der Waals surface area contributed by atoms with Crippen LogP contribution in [0, 0.1) is 17.7 Å². The Balaban J connectivity index is 0.714. The number of carbonyl (C=O) groups is 4. The third kappa shape index (κ3) is 8.21. The van der Waals surface area contributed by atoms with E-state index in [2.05, 4.69) is 32.3 Å². The van der Waals surface area contributed by atoms with Crippen molar-refractivity contribution in [3.05, 3.63) is 77.2 Å². The Bertz CT molecular complexity index is 2800. The highest BCUT2D eigenvalue weighted by Gasteiger charge is 2.45. The number of amides is 4. The summed E-state index contributed by atoms with van der Waals surface area (Å²) in [7, 11) is 0. The quantitative estimate of drug-likeness (QED) is 0.132. The van der Waals surface area contributed by atoms with Crippen molar-refractivity contribution >= 4 is 56.8 Å². The van der Waals surface area contributed by atoms with Crippen LogP contribution in [0.4, 0.5) is 15.9 Å². The zero-order valence-corrected chi connectivity index (χ0v) is 37.8. The molecule has 67 heavy (non-hydrogen) atoms. The molecule has 2 aromatic heterocycles. The Morgan fingerprint density at radius 3 is 2.31 bits per heavy atom. The maximum atomic E-state index is 17.0. The van der Waals surface area contributed by atoms with Crippen LogP contribution < -0.4 is 25.2 Å². The summed E-state index contributed by atoms with van der Waals surface area (Å²) in [5.74, 6) is -0.603. The van der Waals surface area contributed by atoms with Crippen LogP contribution >= 0.6 is 0 Å². The molecule has 11 rings (SSSR count). The number of piperidine rings is 3. The second-order valence-electron chi connectivity index (χ2n) is 19.4. The molecule has 3 unspecified atom stereocenters. The number of hydrogen-bond donors (Lipinski definition) is 3. The number of halogens is 1. The Hall–Kier alpha value is -6.26. The van der Waals surface area contributed by atoms with Gasteiger partial charge in [0.2, 0.25) is 11.8 Å². The van der Waals surface area contributed by atoms with Crippen molar-refractivity contribution in [1.29, 1.82) is 0 Å². The number of aryl methyl sites for hydroxylation is 1. The monoisotopic (exact) mass is 909 g/mol. The lowest BCUT2D eigenvalue weighted by atomic mass is 9.82. The van der Waals surface area contributed by atoms with Gasteiger partial charge < -0.3 is 25.0 Å². The fraction of sp³-hybridized carbons (Fsp3) is 0.471. The number of phenolic OH excluding ortho intramolecular Hbond substituents is 1. The fourth-order valence-corrected chi connectivity index (χ4v) is 11.7. The molecule has 5 fully saturated rings. The number of likely N-dealkylation sites (tertiary alicyclic amines) is 1. The van der Waals surface area contributed by atoms with Gasteiger partial charge in [-0.15, -0.1) is 0 Å². The minimum atomic E-state index is -0.976. The zero-order chi connectivity index (χ0) is 45.9. The summed E-state index contributed by atoms with van der Waals surface area (Å²) in [4.78, 5) is 73.1. The number of nitrogens with zero attached hydrogens (tertiary/aromatic N) is 7. The molecule has 2 bridgehead atoms. The minimum Gasteiger partial charge on any atom is -0.508 e. The molecule has 6 aliphatic heterocycles. The lowest BCUT2D eigenvalue weighted by Gasteiger charge is -2.37. The maximum Gasteiger partial charge on any atom is 0.319 e. The summed E-state index contributed by atoms with van der Waals surface area (Å²) in [6.07, 6.45) is 10.3. The predicted octanol–water partition coefficient (Wildman–Crippen LogP) is 5.99. The van der Waals surface area contributed by atoms with Crippen molar-refractivity contribution in [2.45, 2.75) is 89.3 Å². The van der Waals surface area contributed by atoms with Crippen LogP contribution in [0.5, 0.6) is 11.8 Å². The molecule has 5 aromatic rings. The van der Waals surface area contributed by atoms with E-state index in [1.807, 2.05) is 24.3 Å². The van der Waals surface area contributed by atoms with Crippen LogP contribution in [-0.2, 0) is 16.0 Å². The second-order valence-corrected chi connectivity index (χ2v) is 19.4. The molecule has 6 aliphatic rings. The van der Waals surface area contributed by atoms with Gasteiger partial charge in [-0.2, -0.15) is 9.97 Å². The van der Waals surface area contributed by atoms with E-state index in [0.29, 0.717) is 65.0 Å². The van der Waals surface area contributed by atoms with E-state index in [0.717, 1.165) is 111 Å². The van der Waals surface area contributed by atoms with Gasteiger partial charge in [0.1, 0.15) is 35.4 Å². The molecular formula is C51H56FN9O6. The number of phenols is 1. The number of anilines is 2. The number of benzene rings is 3. The number of nitrogens with one attached hydrogen (secondary N) is 2. The number of rotatable bonds is 11. The lowest BCUT2D eigenvalue weighted by molar-refractivity contribution is -0.136. The molecule has 0 spiro atoms. The van der Waals surface area contributed by atoms with Gasteiger partial charge in [0, 0.05) is 68.7 Å². The van der Waals surface area contributed by atoms with Crippen LogP contribution in [0.15, 0.2) is 54.7 Å². The largest absolute Gasteiger partial charge is 0.508 e. The first-order valence-electron chi connectivity index (χ1n) is 24.2. The standard InChI is InChI=1S/C51H56FN9O6/c1-2-31-4-3-5-32-23-36(62)25-39(43(31)32)45-44(52)46-40(26-53-45)47(60-27-33-6-7-34(28-60)54-33)57-51(56-46)67-21-20-58-16-12-29(13-17-58)22-30-14-18-59(19-15-30)35-8-9-37-38(24-35)50(66)61(49(37)65)41-10-11-42(63)55-48(41)64/h3-5,8-9,23-26,29-30,33-34,41,54,62H,2,6-7,10-22,27-28H2,1H3,(H,55,63,64). The van der Waals surface area contributed by atoms with Crippen LogP contribution in [-0.4, -0.2) is 124 Å². The summed E-state index contributed by atoms with van der Waals surface area (Å²) in [5, 5.41) is 18.9. The number of hydrogen-bond acceptors (Lipinski definition) is 13. The number of aromatic hydroxyl groups is 1. The molecule has 5 saturated heterocycles. The van der Waals surface area contributed by atoms with E-state index < -0.39 is 35.5 Å². The maximum absolute atomic E-state index is 17.0. The van der Waals surface area contributed by atoms with E-state index in [4.69, 9.17) is 19.7 Å². The first-order valence-corrected chi connectivity index (χ1v) is 24.2. The Morgan fingerprint density at radius 1 is 0.821 bits per heavy atom. The van der Waals surface area contributed by atoms with Gasteiger partial charge in [-0.1, -0.05) is 25.1 Å². The molecule has 3 aromatic carbocycles. The summed E-state index contributed by atoms with van der Waals surface area (Å²) >= 11 is 0. The van der Waals surface area contributed by atoms with Crippen LogP contribution in [0.25, 0.3) is 32.9 Å². The minimum absolute atomic E-state index is 0.0445. The van der Waals surface area contributed by atoms with Gasteiger partial charge >= 0.3 is 6.01 Å². The van der Waals surface area contributed by atoms with E-state index in [9.17, 15) is 24.3 Å². The van der Waals surface area contributed by atoms with E-state index >= 15 is 4.39 Å². The van der Waals surface area contributed by atoms with Gasteiger partial charge in [-0.05, 0) is 129 Å². The number of aromatic nitrogens is 3. The van der Waals surface area contributed by atoms with Crippen molar-refractivity contribution in [2.75, 3.05) is 62.2 Å². The third-order valence-electron chi connectivity index (χ3n) is 15.3. The van der Waals surface area contributed by atoms with Gasteiger partial charge in [0.15, 0.2) is 5.82 Å². The summed E-state index contributed by atoms with van der Waals surface area (Å²) in [6.45, 7) is 8.32. The molecular weight excluding hydrogens is 854 g/mol. The number of fused-ring (bicyclic) bond motifs is 5. The Kier molecular flexibility index (Phi) is 11.5. The molecule has 3 atom stereocenters. The van der Waals surface area contributed by atoms with Crippen molar-refractivity contribution < 1.29 is 33.4 Å². The van der Waals surface area contributed by atoms with Gasteiger partial charge in [-0.25, -0.2) is 4.39 Å². The molecule has 16 heteroatoms. The fourth-order valence-electron chi connectivity index (χ4n) is 11.7. The normalized spacial score (nSPS) is 22.9.